The Morgan fingerprint density at radius 3 is 2.50 bits per heavy atom. The van der Waals surface area contributed by atoms with E-state index >= 15 is 0 Å². The lowest BCUT2D eigenvalue weighted by Crippen LogP contribution is -2.32. The average Bonchev–Trinajstić information content (AvgIpc) is 1.79. The highest BCUT2D eigenvalue weighted by Gasteiger charge is 1.89. The third-order valence-corrected chi connectivity index (χ3v) is 1.34. The maximum absolute atomic E-state index is 9.91. The van der Waals surface area contributed by atoms with Crippen molar-refractivity contribution in [1.82, 2.24) is 10.0 Å². The smallest absolute Gasteiger partial charge is 0.0197 e. The van der Waals surface area contributed by atoms with Crippen molar-refractivity contribution in [3.8, 4) is 0 Å². The predicted molar refractivity (Wildman–Crippen MR) is 40.1 cm³/mol. The van der Waals surface area contributed by atoms with Gasteiger partial charge in [-0.25, -0.2) is 4.72 Å². The molecule has 0 radical (unpaired) electrons. The van der Waals surface area contributed by atoms with Crippen molar-refractivity contribution in [3.63, 3.8) is 0 Å². The van der Waals surface area contributed by atoms with E-state index < -0.39 is 11.3 Å². The first kappa shape index (κ1) is 10.0. The van der Waals surface area contributed by atoms with Gasteiger partial charge in [-0.15, -0.1) is 0 Å². The summed E-state index contributed by atoms with van der Waals surface area (Å²) in [7, 11) is 0. The predicted octanol–water partition coefficient (Wildman–Crippen LogP) is -0.632. The van der Waals surface area contributed by atoms with Gasteiger partial charge in [0.2, 0.25) is 0 Å². The Hall–Kier alpha value is 0.0300. The van der Waals surface area contributed by atoms with Gasteiger partial charge in [-0.3, -0.25) is 4.21 Å². The van der Waals surface area contributed by atoms with Crippen LogP contribution in [0.15, 0.2) is 0 Å². The second-order valence-electron chi connectivity index (χ2n) is 2.24. The molecule has 62 valence electrons. The number of nitrogens with one attached hydrogen (secondary N) is 2. The molecule has 10 heavy (non-hydrogen) atoms. The summed E-state index contributed by atoms with van der Waals surface area (Å²) >= 11 is -2.12. The van der Waals surface area contributed by atoms with Crippen molar-refractivity contribution < 1.29 is 8.76 Å². The molecular formula is C5H13N2O2S-. The molecule has 0 fully saturated rings. The lowest BCUT2D eigenvalue weighted by Gasteiger charge is -2.09. The SMILES string of the molecule is CC(C)NCCNS(=O)[O-]. The Morgan fingerprint density at radius 2 is 2.10 bits per heavy atom. The zero-order valence-corrected chi connectivity index (χ0v) is 7.03. The topological polar surface area (TPSA) is 64.2 Å². The van der Waals surface area contributed by atoms with E-state index in [1.54, 1.807) is 0 Å². The molecule has 1 atom stereocenters. The molecule has 0 aromatic heterocycles. The van der Waals surface area contributed by atoms with Gasteiger partial charge in [-0.05, 0) is 0 Å². The maximum atomic E-state index is 9.91. The first-order chi connectivity index (χ1) is 4.63. The summed E-state index contributed by atoms with van der Waals surface area (Å²) in [5.41, 5.74) is 0. The summed E-state index contributed by atoms with van der Waals surface area (Å²) in [5.74, 6) is 0. The first-order valence-corrected chi connectivity index (χ1v) is 4.26. The fourth-order valence-electron chi connectivity index (χ4n) is 0.495. The molecule has 5 heteroatoms. The van der Waals surface area contributed by atoms with E-state index in [2.05, 4.69) is 10.0 Å². The largest absolute Gasteiger partial charge is 0.760 e. The van der Waals surface area contributed by atoms with Gasteiger partial charge in [0.25, 0.3) is 0 Å². The van der Waals surface area contributed by atoms with Crippen molar-refractivity contribution >= 4 is 11.3 Å². The minimum Gasteiger partial charge on any atom is -0.760 e. The van der Waals surface area contributed by atoms with Gasteiger partial charge in [-0.2, -0.15) is 0 Å². The molecule has 0 aliphatic heterocycles. The van der Waals surface area contributed by atoms with E-state index in [9.17, 15) is 8.76 Å². The third kappa shape index (κ3) is 8.03. The highest BCUT2D eigenvalue weighted by molar-refractivity contribution is 7.77. The summed E-state index contributed by atoms with van der Waals surface area (Å²) < 4.78 is 22.1. The Kier molecular flexibility index (Phi) is 5.81. The summed E-state index contributed by atoms with van der Waals surface area (Å²) in [4.78, 5) is 0. The Morgan fingerprint density at radius 1 is 1.50 bits per heavy atom. The van der Waals surface area contributed by atoms with E-state index in [4.69, 9.17) is 0 Å². The lowest BCUT2D eigenvalue weighted by atomic mass is 10.4. The average molecular weight is 165 g/mol. The van der Waals surface area contributed by atoms with Crippen LogP contribution in [-0.4, -0.2) is 27.9 Å². The van der Waals surface area contributed by atoms with Crippen LogP contribution in [0.1, 0.15) is 13.8 Å². The monoisotopic (exact) mass is 165 g/mol. The molecule has 2 N–H and O–H groups in total. The second-order valence-corrected chi connectivity index (χ2v) is 3.00. The molecule has 4 nitrogen and oxygen atoms in total. The van der Waals surface area contributed by atoms with Crippen molar-refractivity contribution in [2.75, 3.05) is 13.1 Å². The van der Waals surface area contributed by atoms with Gasteiger partial charge in [0.1, 0.15) is 0 Å². The quantitative estimate of drug-likeness (QED) is 0.421. The van der Waals surface area contributed by atoms with E-state index in [1.807, 2.05) is 13.8 Å². The van der Waals surface area contributed by atoms with Crippen LogP contribution in [0.25, 0.3) is 0 Å². The molecule has 0 spiro atoms. The van der Waals surface area contributed by atoms with Gasteiger partial charge in [0.05, 0.1) is 0 Å². The molecule has 0 bridgehead atoms. The summed E-state index contributed by atoms with van der Waals surface area (Å²) in [5, 5.41) is 3.06. The molecule has 0 saturated carbocycles. The normalized spacial score (nSPS) is 14.0. The number of hydrogen-bond acceptors (Lipinski definition) is 3. The molecule has 0 aromatic rings. The van der Waals surface area contributed by atoms with Crippen LogP contribution in [-0.2, 0) is 11.3 Å². The summed E-state index contributed by atoms with van der Waals surface area (Å²) in [6.07, 6.45) is 0. The van der Waals surface area contributed by atoms with Gasteiger partial charge in [0.15, 0.2) is 0 Å². The first-order valence-electron chi connectivity index (χ1n) is 3.19. The Labute approximate surface area is 63.8 Å². The Bertz CT molecular complexity index is 108. The highest BCUT2D eigenvalue weighted by atomic mass is 32.2. The Balaban J connectivity index is 2.98. The molecule has 0 rings (SSSR count). The van der Waals surface area contributed by atoms with Crippen molar-refractivity contribution in [3.05, 3.63) is 0 Å². The number of hydrogen-bond donors (Lipinski definition) is 2. The molecule has 0 aliphatic carbocycles. The van der Waals surface area contributed by atoms with Gasteiger partial charge in [0, 0.05) is 30.4 Å². The van der Waals surface area contributed by atoms with Gasteiger partial charge < -0.3 is 9.87 Å². The summed E-state index contributed by atoms with van der Waals surface area (Å²) in [6.45, 7) is 5.14. The van der Waals surface area contributed by atoms with E-state index in [0.717, 1.165) is 0 Å². The van der Waals surface area contributed by atoms with Gasteiger partial charge in [-0.1, -0.05) is 13.8 Å². The van der Waals surface area contributed by atoms with Crippen molar-refractivity contribution in [2.45, 2.75) is 19.9 Å². The van der Waals surface area contributed by atoms with Crippen LogP contribution in [0.2, 0.25) is 0 Å². The second kappa shape index (κ2) is 5.79. The zero-order valence-electron chi connectivity index (χ0n) is 6.22. The van der Waals surface area contributed by atoms with Crippen LogP contribution in [0.3, 0.4) is 0 Å². The van der Waals surface area contributed by atoms with Crippen LogP contribution in [0.5, 0.6) is 0 Å². The van der Waals surface area contributed by atoms with Crippen LogP contribution >= 0.6 is 0 Å². The van der Waals surface area contributed by atoms with E-state index in [0.29, 0.717) is 19.1 Å². The third-order valence-electron chi connectivity index (χ3n) is 0.897. The van der Waals surface area contributed by atoms with Crippen LogP contribution in [0.4, 0.5) is 0 Å². The molecular weight excluding hydrogens is 152 g/mol. The zero-order chi connectivity index (χ0) is 7.98. The van der Waals surface area contributed by atoms with E-state index in [1.165, 1.54) is 0 Å². The molecule has 1 unspecified atom stereocenters. The highest BCUT2D eigenvalue weighted by Crippen LogP contribution is 1.73. The number of rotatable bonds is 5. The van der Waals surface area contributed by atoms with Crippen LogP contribution < -0.4 is 10.0 Å². The fourth-order valence-corrected chi connectivity index (χ4v) is 0.764. The maximum Gasteiger partial charge on any atom is 0.0197 e. The lowest BCUT2D eigenvalue weighted by molar-refractivity contribution is 0.515. The molecule has 0 aromatic carbocycles. The standard InChI is InChI=1S/C5H14N2O2S/c1-5(2)6-3-4-7-10(8)9/h5-7H,3-4H2,1-2H3,(H,8,9)/p-1. The molecule has 0 heterocycles. The molecule has 0 saturated heterocycles. The van der Waals surface area contributed by atoms with E-state index in [-0.39, 0.29) is 0 Å². The molecule has 0 amide bonds. The minimum absolute atomic E-state index is 0.405. The minimum atomic E-state index is -2.12. The van der Waals surface area contributed by atoms with Crippen LogP contribution in [0, 0.1) is 0 Å². The van der Waals surface area contributed by atoms with Crippen molar-refractivity contribution in [2.24, 2.45) is 0 Å². The summed E-state index contributed by atoms with van der Waals surface area (Å²) in [6, 6.07) is 0.405. The molecule has 0 aliphatic rings. The van der Waals surface area contributed by atoms with Crippen molar-refractivity contribution in [1.29, 1.82) is 0 Å². The van der Waals surface area contributed by atoms with Gasteiger partial charge >= 0.3 is 0 Å². The fraction of sp³-hybridized carbons (Fsp3) is 1.00.